The summed E-state index contributed by atoms with van der Waals surface area (Å²) in [5.41, 5.74) is -0.390. The highest BCUT2D eigenvalue weighted by atomic mass is 35.5. The number of ether oxygens (including phenoxy) is 1. The number of halogens is 1. The van der Waals surface area contributed by atoms with Crippen LogP contribution in [0.3, 0.4) is 0 Å². The number of hydrogen-bond acceptors (Lipinski definition) is 6. The predicted octanol–water partition coefficient (Wildman–Crippen LogP) is 2.66. The summed E-state index contributed by atoms with van der Waals surface area (Å²) in [5, 5.41) is 3.95. The van der Waals surface area contributed by atoms with Crippen molar-refractivity contribution in [2.24, 2.45) is 11.8 Å². The number of imide groups is 1. The zero-order chi connectivity index (χ0) is 20.5. The molecular formula is C20H25ClN2O4S. The number of esters is 1. The van der Waals surface area contributed by atoms with Crippen molar-refractivity contribution in [2.45, 2.75) is 31.8 Å². The SMILES string of the molecule is CCOC(=O)[C@]1(CCSC)N[C@H](c2ccc(Cl)cc2)[C@@H]2C(=O)N(CC)C(=O)[C@@H]21. The average molecular weight is 425 g/mol. The minimum atomic E-state index is -1.22. The predicted molar refractivity (Wildman–Crippen MR) is 109 cm³/mol. The Hall–Kier alpha value is -1.57. The smallest absolute Gasteiger partial charge is 0.327 e. The van der Waals surface area contributed by atoms with Crippen LogP contribution in [0.5, 0.6) is 0 Å². The third kappa shape index (κ3) is 3.33. The Balaban J connectivity index is 2.11. The topological polar surface area (TPSA) is 75.7 Å². The summed E-state index contributed by atoms with van der Waals surface area (Å²) in [4.78, 5) is 40.6. The molecular weight excluding hydrogens is 400 g/mol. The molecule has 2 fully saturated rings. The van der Waals surface area contributed by atoms with E-state index in [1.807, 2.05) is 18.4 Å². The van der Waals surface area contributed by atoms with Crippen LogP contribution in [0.15, 0.2) is 24.3 Å². The van der Waals surface area contributed by atoms with Crippen LogP contribution < -0.4 is 5.32 Å². The van der Waals surface area contributed by atoms with Gasteiger partial charge in [-0.25, -0.2) is 0 Å². The van der Waals surface area contributed by atoms with Gasteiger partial charge in [0.05, 0.1) is 18.4 Å². The average Bonchev–Trinajstić information content (AvgIpc) is 3.15. The van der Waals surface area contributed by atoms with Crippen molar-refractivity contribution in [3.05, 3.63) is 34.9 Å². The fourth-order valence-electron chi connectivity index (χ4n) is 4.37. The van der Waals surface area contributed by atoms with Crippen molar-refractivity contribution in [1.29, 1.82) is 0 Å². The molecule has 0 radical (unpaired) electrons. The second-order valence-electron chi connectivity index (χ2n) is 7.03. The van der Waals surface area contributed by atoms with E-state index in [1.165, 1.54) is 4.90 Å². The van der Waals surface area contributed by atoms with E-state index in [-0.39, 0.29) is 18.4 Å². The van der Waals surface area contributed by atoms with Gasteiger partial charge in [-0.3, -0.25) is 24.6 Å². The lowest BCUT2D eigenvalue weighted by Gasteiger charge is -2.32. The Labute approximate surface area is 174 Å². The van der Waals surface area contributed by atoms with Crippen LogP contribution in [-0.4, -0.2) is 53.4 Å². The first-order valence-electron chi connectivity index (χ1n) is 9.45. The number of carbonyl (C=O) groups excluding carboxylic acids is 3. The van der Waals surface area contributed by atoms with Crippen LogP contribution in [0.25, 0.3) is 0 Å². The van der Waals surface area contributed by atoms with Gasteiger partial charge in [0, 0.05) is 17.6 Å². The van der Waals surface area contributed by atoms with E-state index in [9.17, 15) is 14.4 Å². The third-order valence-corrected chi connectivity index (χ3v) is 6.50. The first kappa shape index (κ1) is 21.1. The minimum Gasteiger partial charge on any atom is -0.465 e. The van der Waals surface area contributed by atoms with E-state index in [4.69, 9.17) is 16.3 Å². The van der Waals surface area contributed by atoms with Crippen LogP contribution in [0, 0.1) is 11.8 Å². The molecule has 4 atom stereocenters. The van der Waals surface area contributed by atoms with Crippen LogP contribution >= 0.6 is 23.4 Å². The number of hydrogen-bond donors (Lipinski definition) is 1. The van der Waals surface area contributed by atoms with Crippen LogP contribution in [-0.2, 0) is 19.1 Å². The highest BCUT2D eigenvalue weighted by Crippen LogP contribution is 2.50. The van der Waals surface area contributed by atoms with Crippen molar-refractivity contribution in [1.82, 2.24) is 10.2 Å². The van der Waals surface area contributed by atoms with Gasteiger partial charge in [0.2, 0.25) is 11.8 Å². The number of amides is 2. The molecule has 3 rings (SSSR count). The molecule has 2 amide bonds. The van der Waals surface area contributed by atoms with Crippen molar-refractivity contribution >= 4 is 41.1 Å². The lowest BCUT2D eigenvalue weighted by molar-refractivity contribution is -0.156. The highest BCUT2D eigenvalue weighted by molar-refractivity contribution is 7.98. The van der Waals surface area contributed by atoms with Crippen molar-refractivity contribution in [3.63, 3.8) is 0 Å². The van der Waals surface area contributed by atoms with E-state index in [0.717, 1.165) is 5.56 Å². The van der Waals surface area contributed by atoms with Gasteiger partial charge in [-0.1, -0.05) is 23.7 Å². The first-order chi connectivity index (χ1) is 13.4. The Morgan fingerprint density at radius 3 is 2.50 bits per heavy atom. The quantitative estimate of drug-likeness (QED) is 0.535. The normalized spacial score (nSPS) is 29.3. The summed E-state index contributed by atoms with van der Waals surface area (Å²) in [6.07, 6.45) is 2.36. The summed E-state index contributed by atoms with van der Waals surface area (Å²) in [7, 11) is 0. The number of benzene rings is 1. The maximum Gasteiger partial charge on any atom is 0.327 e. The van der Waals surface area contributed by atoms with Gasteiger partial charge in [-0.05, 0) is 50.0 Å². The number of nitrogens with one attached hydrogen (secondary N) is 1. The summed E-state index contributed by atoms with van der Waals surface area (Å²) in [6, 6.07) is 6.71. The molecule has 2 saturated heterocycles. The fourth-order valence-corrected chi connectivity index (χ4v) is 5.03. The largest absolute Gasteiger partial charge is 0.465 e. The van der Waals surface area contributed by atoms with Gasteiger partial charge < -0.3 is 4.74 Å². The van der Waals surface area contributed by atoms with Gasteiger partial charge in [-0.2, -0.15) is 11.8 Å². The van der Waals surface area contributed by atoms with E-state index >= 15 is 0 Å². The minimum absolute atomic E-state index is 0.212. The number of thioether (sulfide) groups is 1. The summed E-state index contributed by atoms with van der Waals surface area (Å²) in [5.74, 6) is -1.74. The van der Waals surface area contributed by atoms with Crippen LogP contribution in [0.4, 0.5) is 0 Å². The molecule has 1 N–H and O–H groups in total. The van der Waals surface area contributed by atoms with Gasteiger partial charge in [0.15, 0.2) is 0 Å². The zero-order valence-electron chi connectivity index (χ0n) is 16.2. The van der Waals surface area contributed by atoms with Crippen molar-refractivity contribution < 1.29 is 19.1 Å². The maximum absolute atomic E-state index is 13.2. The molecule has 1 aromatic rings. The van der Waals surface area contributed by atoms with E-state index in [1.54, 1.807) is 37.7 Å². The van der Waals surface area contributed by atoms with Crippen molar-refractivity contribution in [3.8, 4) is 0 Å². The number of carbonyl (C=O) groups is 3. The summed E-state index contributed by atoms with van der Waals surface area (Å²) < 4.78 is 5.38. The molecule has 2 aliphatic heterocycles. The number of nitrogens with zero attached hydrogens (tertiary/aromatic N) is 1. The fraction of sp³-hybridized carbons (Fsp3) is 0.550. The second kappa shape index (κ2) is 8.43. The summed E-state index contributed by atoms with van der Waals surface area (Å²) >= 11 is 7.61. The number of fused-ring (bicyclic) bond motifs is 1. The lowest BCUT2D eigenvalue weighted by Crippen LogP contribution is -2.56. The molecule has 0 bridgehead atoms. The summed E-state index contributed by atoms with van der Waals surface area (Å²) in [6.45, 7) is 4.02. The van der Waals surface area contributed by atoms with E-state index < -0.39 is 29.4 Å². The molecule has 2 heterocycles. The van der Waals surface area contributed by atoms with Crippen LogP contribution in [0.1, 0.15) is 31.9 Å². The molecule has 0 saturated carbocycles. The van der Waals surface area contributed by atoms with Gasteiger partial charge in [-0.15, -0.1) is 0 Å². The maximum atomic E-state index is 13.2. The molecule has 1 aromatic carbocycles. The highest BCUT2D eigenvalue weighted by Gasteiger charge is 2.68. The first-order valence-corrected chi connectivity index (χ1v) is 11.2. The van der Waals surface area contributed by atoms with E-state index in [2.05, 4.69) is 5.32 Å². The standard InChI is InChI=1S/C20H25ClN2O4S/c1-4-23-17(24)14-15(18(23)25)20(10-11-28-3,19(26)27-5-2)22-16(14)12-6-8-13(21)9-7-12/h6-9,14-16,22H,4-5,10-11H2,1-3H3/t14-,15-,16-,20-/m1/s1. The van der Waals surface area contributed by atoms with E-state index in [0.29, 0.717) is 23.7 Å². The second-order valence-corrected chi connectivity index (χ2v) is 8.45. The zero-order valence-corrected chi connectivity index (χ0v) is 17.8. The Bertz CT molecular complexity index is 772. The molecule has 152 valence electrons. The molecule has 0 aromatic heterocycles. The number of likely N-dealkylation sites (tertiary alicyclic amines) is 1. The van der Waals surface area contributed by atoms with Gasteiger partial charge in [0.25, 0.3) is 0 Å². The van der Waals surface area contributed by atoms with Crippen LogP contribution in [0.2, 0.25) is 5.02 Å². The monoisotopic (exact) mass is 424 g/mol. The molecule has 2 aliphatic rings. The molecule has 6 nitrogen and oxygen atoms in total. The molecule has 8 heteroatoms. The molecule has 0 unspecified atom stereocenters. The third-order valence-electron chi connectivity index (χ3n) is 5.63. The Kier molecular flexibility index (Phi) is 6.37. The Morgan fingerprint density at radius 2 is 1.93 bits per heavy atom. The molecule has 28 heavy (non-hydrogen) atoms. The molecule has 0 spiro atoms. The van der Waals surface area contributed by atoms with Gasteiger partial charge in [0.1, 0.15) is 5.54 Å². The number of rotatable bonds is 7. The van der Waals surface area contributed by atoms with Gasteiger partial charge >= 0.3 is 5.97 Å². The Morgan fingerprint density at radius 1 is 1.25 bits per heavy atom. The molecule has 0 aliphatic carbocycles. The van der Waals surface area contributed by atoms with Crippen molar-refractivity contribution in [2.75, 3.05) is 25.2 Å². The lowest BCUT2D eigenvalue weighted by atomic mass is 9.78.